The fraction of sp³-hybridized carbons (Fsp3) is 0.667. The van der Waals surface area contributed by atoms with Crippen molar-refractivity contribution in [2.24, 2.45) is 0 Å². The highest BCUT2D eigenvalue weighted by Crippen LogP contribution is 2.07. The van der Waals surface area contributed by atoms with E-state index < -0.39 is 0 Å². The van der Waals surface area contributed by atoms with Crippen LogP contribution >= 0.6 is 0 Å². The highest BCUT2D eigenvalue weighted by atomic mass is 15.3. The fourth-order valence-corrected chi connectivity index (χ4v) is 1.24. The summed E-state index contributed by atoms with van der Waals surface area (Å²) in [6.07, 6.45) is 6.18. The SMILES string of the molecule is CCCc1cnnnc1CCC. The van der Waals surface area contributed by atoms with E-state index in [1.165, 1.54) is 5.56 Å². The number of rotatable bonds is 4. The van der Waals surface area contributed by atoms with Gasteiger partial charge in [-0.15, -0.1) is 10.2 Å². The van der Waals surface area contributed by atoms with Crippen molar-refractivity contribution in [1.29, 1.82) is 0 Å². The van der Waals surface area contributed by atoms with E-state index in [2.05, 4.69) is 29.3 Å². The summed E-state index contributed by atoms with van der Waals surface area (Å²) in [6, 6.07) is 0. The van der Waals surface area contributed by atoms with Gasteiger partial charge in [-0.3, -0.25) is 0 Å². The average Bonchev–Trinajstić information content (AvgIpc) is 2.09. The highest BCUT2D eigenvalue weighted by molar-refractivity contribution is 5.14. The van der Waals surface area contributed by atoms with Crippen molar-refractivity contribution in [2.75, 3.05) is 0 Å². The molecule has 0 N–H and O–H groups in total. The Morgan fingerprint density at radius 3 is 2.58 bits per heavy atom. The van der Waals surface area contributed by atoms with E-state index >= 15 is 0 Å². The zero-order valence-electron chi connectivity index (χ0n) is 7.75. The van der Waals surface area contributed by atoms with Crippen LogP contribution in [0, 0.1) is 0 Å². The lowest BCUT2D eigenvalue weighted by atomic mass is 10.1. The van der Waals surface area contributed by atoms with Crippen molar-refractivity contribution in [1.82, 2.24) is 15.4 Å². The molecule has 0 atom stereocenters. The van der Waals surface area contributed by atoms with Gasteiger partial charge in [0, 0.05) is 0 Å². The molecular weight excluding hydrogens is 150 g/mol. The zero-order valence-corrected chi connectivity index (χ0v) is 7.75. The van der Waals surface area contributed by atoms with Crippen LogP contribution in [0.25, 0.3) is 0 Å². The van der Waals surface area contributed by atoms with Crippen molar-refractivity contribution in [3.8, 4) is 0 Å². The molecule has 12 heavy (non-hydrogen) atoms. The van der Waals surface area contributed by atoms with E-state index in [0.29, 0.717) is 0 Å². The van der Waals surface area contributed by atoms with Crippen LogP contribution in [0.2, 0.25) is 0 Å². The molecule has 0 radical (unpaired) electrons. The van der Waals surface area contributed by atoms with E-state index in [9.17, 15) is 0 Å². The maximum atomic E-state index is 4.03. The number of aromatic nitrogens is 3. The van der Waals surface area contributed by atoms with Crippen LogP contribution in [-0.2, 0) is 12.8 Å². The van der Waals surface area contributed by atoms with Crippen LogP contribution < -0.4 is 0 Å². The Labute approximate surface area is 73.2 Å². The smallest absolute Gasteiger partial charge is 0.0696 e. The standard InChI is InChI=1S/C9H15N3/c1-3-5-8-7-10-12-11-9(8)6-4-2/h7H,3-6H2,1-2H3. The minimum atomic E-state index is 1.02. The molecular formula is C9H15N3. The van der Waals surface area contributed by atoms with Gasteiger partial charge in [-0.05, 0) is 23.6 Å². The van der Waals surface area contributed by atoms with Crippen LogP contribution in [0.4, 0.5) is 0 Å². The third-order valence-electron chi connectivity index (χ3n) is 1.81. The first-order valence-electron chi connectivity index (χ1n) is 4.54. The molecule has 3 heteroatoms. The topological polar surface area (TPSA) is 38.7 Å². The Bertz CT molecular complexity index is 210. The van der Waals surface area contributed by atoms with Gasteiger partial charge < -0.3 is 0 Å². The number of nitrogens with zero attached hydrogens (tertiary/aromatic N) is 3. The first kappa shape index (κ1) is 9.10. The van der Waals surface area contributed by atoms with Gasteiger partial charge in [-0.25, -0.2) is 0 Å². The summed E-state index contributed by atoms with van der Waals surface area (Å²) in [5.74, 6) is 0. The Hall–Kier alpha value is -0.990. The molecule has 0 amide bonds. The van der Waals surface area contributed by atoms with E-state index in [1.807, 2.05) is 6.20 Å². The van der Waals surface area contributed by atoms with Crippen molar-refractivity contribution >= 4 is 0 Å². The molecule has 0 unspecified atom stereocenters. The van der Waals surface area contributed by atoms with Crippen LogP contribution in [0.5, 0.6) is 0 Å². The Morgan fingerprint density at radius 1 is 1.17 bits per heavy atom. The Balaban J connectivity index is 2.77. The predicted octanol–water partition coefficient (Wildman–Crippen LogP) is 1.78. The van der Waals surface area contributed by atoms with E-state index in [0.717, 1.165) is 31.4 Å². The molecule has 0 fully saturated rings. The Morgan fingerprint density at radius 2 is 1.92 bits per heavy atom. The minimum Gasteiger partial charge on any atom is -0.138 e. The van der Waals surface area contributed by atoms with Gasteiger partial charge in [0.15, 0.2) is 0 Å². The molecule has 1 heterocycles. The second-order valence-electron chi connectivity index (χ2n) is 2.91. The molecule has 0 aliphatic heterocycles. The molecule has 66 valence electrons. The molecule has 1 aromatic rings. The van der Waals surface area contributed by atoms with Gasteiger partial charge in [-0.1, -0.05) is 26.7 Å². The molecule has 0 aromatic carbocycles. The average molecular weight is 165 g/mol. The van der Waals surface area contributed by atoms with Gasteiger partial charge in [0.2, 0.25) is 0 Å². The quantitative estimate of drug-likeness (QED) is 0.682. The van der Waals surface area contributed by atoms with Crippen molar-refractivity contribution in [3.05, 3.63) is 17.5 Å². The molecule has 1 aromatic heterocycles. The number of aryl methyl sites for hydroxylation is 2. The summed E-state index contributed by atoms with van der Waals surface area (Å²) < 4.78 is 0. The van der Waals surface area contributed by atoms with E-state index in [-0.39, 0.29) is 0 Å². The van der Waals surface area contributed by atoms with Crippen molar-refractivity contribution < 1.29 is 0 Å². The van der Waals surface area contributed by atoms with Gasteiger partial charge in [0.05, 0.1) is 11.9 Å². The highest BCUT2D eigenvalue weighted by Gasteiger charge is 2.01. The fourth-order valence-electron chi connectivity index (χ4n) is 1.24. The summed E-state index contributed by atoms with van der Waals surface area (Å²) >= 11 is 0. The minimum absolute atomic E-state index is 1.02. The first-order chi connectivity index (χ1) is 5.88. The van der Waals surface area contributed by atoms with E-state index in [1.54, 1.807) is 0 Å². The summed E-state index contributed by atoms with van der Waals surface area (Å²) in [6.45, 7) is 4.31. The van der Waals surface area contributed by atoms with Gasteiger partial charge in [0.1, 0.15) is 0 Å². The molecule has 1 rings (SSSR count). The number of hydrogen-bond donors (Lipinski definition) is 0. The summed E-state index contributed by atoms with van der Waals surface area (Å²) in [7, 11) is 0. The predicted molar refractivity (Wildman–Crippen MR) is 47.8 cm³/mol. The third kappa shape index (κ3) is 2.26. The van der Waals surface area contributed by atoms with Crippen LogP contribution in [-0.4, -0.2) is 15.4 Å². The second-order valence-corrected chi connectivity index (χ2v) is 2.91. The lowest BCUT2D eigenvalue weighted by molar-refractivity contribution is 0.741. The largest absolute Gasteiger partial charge is 0.138 e. The lowest BCUT2D eigenvalue weighted by Crippen LogP contribution is -2.01. The zero-order chi connectivity index (χ0) is 8.81. The molecule has 0 spiro atoms. The van der Waals surface area contributed by atoms with Crippen LogP contribution in [0.1, 0.15) is 37.9 Å². The molecule has 0 bridgehead atoms. The first-order valence-corrected chi connectivity index (χ1v) is 4.54. The monoisotopic (exact) mass is 165 g/mol. The summed E-state index contributed by atoms with van der Waals surface area (Å²) in [5, 5.41) is 11.5. The van der Waals surface area contributed by atoms with Gasteiger partial charge in [0.25, 0.3) is 0 Å². The van der Waals surface area contributed by atoms with Crippen LogP contribution in [0.3, 0.4) is 0 Å². The normalized spacial score (nSPS) is 10.2. The third-order valence-corrected chi connectivity index (χ3v) is 1.81. The molecule has 3 nitrogen and oxygen atoms in total. The molecule has 0 saturated heterocycles. The van der Waals surface area contributed by atoms with Gasteiger partial charge >= 0.3 is 0 Å². The summed E-state index contributed by atoms with van der Waals surface area (Å²) in [5.41, 5.74) is 2.38. The van der Waals surface area contributed by atoms with Gasteiger partial charge in [-0.2, -0.15) is 0 Å². The van der Waals surface area contributed by atoms with E-state index in [4.69, 9.17) is 0 Å². The molecule has 0 aliphatic rings. The lowest BCUT2D eigenvalue weighted by Gasteiger charge is -2.02. The summed E-state index contributed by atoms with van der Waals surface area (Å²) in [4.78, 5) is 0. The van der Waals surface area contributed by atoms with Crippen molar-refractivity contribution in [3.63, 3.8) is 0 Å². The van der Waals surface area contributed by atoms with Crippen molar-refractivity contribution in [2.45, 2.75) is 39.5 Å². The maximum Gasteiger partial charge on any atom is 0.0696 e. The number of hydrogen-bond acceptors (Lipinski definition) is 3. The molecule has 0 aliphatic carbocycles. The molecule has 0 saturated carbocycles. The maximum absolute atomic E-state index is 4.03. The van der Waals surface area contributed by atoms with Crippen LogP contribution in [0.15, 0.2) is 6.20 Å². The second kappa shape index (κ2) is 4.80. The Kier molecular flexibility index (Phi) is 3.64.